The van der Waals surface area contributed by atoms with Crippen LogP contribution in [-0.2, 0) is 12.3 Å². The lowest BCUT2D eigenvalue weighted by Crippen LogP contribution is -2.26. The molecule has 27 heavy (non-hydrogen) atoms. The highest BCUT2D eigenvalue weighted by Crippen LogP contribution is 2.22. The second kappa shape index (κ2) is 8.73. The maximum atomic E-state index is 12.8. The quantitative estimate of drug-likeness (QED) is 0.623. The Morgan fingerprint density at radius 3 is 2.41 bits per heavy atom. The van der Waals surface area contributed by atoms with E-state index in [9.17, 15) is 4.79 Å². The van der Waals surface area contributed by atoms with Crippen LogP contribution in [0.1, 0.15) is 18.1 Å². The van der Waals surface area contributed by atoms with Crippen molar-refractivity contribution in [3.63, 3.8) is 0 Å². The van der Waals surface area contributed by atoms with Gasteiger partial charge < -0.3 is 10.1 Å². The molecule has 0 spiro atoms. The number of nitrogens with zero attached hydrogens (tertiary/aromatic N) is 3. The number of ether oxygens (including phenoxy) is 1. The lowest BCUT2D eigenvalue weighted by molar-refractivity contribution is 0.414. The normalized spacial score (nSPS) is 10.6. The van der Waals surface area contributed by atoms with Gasteiger partial charge in [-0.15, -0.1) is 10.2 Å². The Labute approximate surface area is 162 Å². The summed E-state index contributed by atoms with van der Waals surface area (Å²) in [6.07, 6.45) is 0. The smallest absolute Gasteiger partial charge is 0.297 e. The van der Waals surface area contributed by atoms with Gasteiger partial charge in [0.05, 0.1) is 7.11 Å². The largest absolute Gasteiger partial charge is 0.497 e. The minimum absolute atomic E-state index is 0.176. The summed E-state index contributed by atoms with van der Waals surface area (Å²) in [6, 6.07) is 15.6. The van der Waals surface area contributed by atoms with E-state index in [1.54, 1.807) is 11.7 Å². The van der Waals surface area contributed by atoms with Crippen LogP contribution < -0.4 is 15.6 Å². The minimum atomic E-state index is -0.176. The molecule has 0 atom stereocenters. The Morgan fingerprint density at radius 1 is 1.07 bits per heavy atom. The molecule has 0 aliphatic carbocycles. The van der Waals surface area contributed by atoms with Gasteiger partial charge in [-0.25, -0.2) is 0 Å². The summed E-state index contributed by atoms with van der Waals surface area (Å²) in [5.41, 5.74) is 2.92. The molecule has 3 rings (SSSR count). The standard InChI is InChI=1S/C20H22N4O2S/c1-4-24-19(25)18(21-16-9-5-14(2)6-10-16)22-23-20(24)27-13-15-7-11-17(26-3)12-8-15/h5-12H,4,13H2,1-3H3,(H,21,22). The van der Waals surface area contributed by atoms with Crippen molar-refractivity contribution in [2.45, 2.75) is 31.3 Å². The van der Waals surface area contributed by atoms with Crippen molar-refractivity contribution in [1.29, 1.82) is 0 Å². The maximum absolute atomic E-state index is 12.8. The van der Waals surface area contributed by atoms with Crippen LogP contribution in [0.15, 0.2) is 58.5 Å². The molecule has 1 N–H and O–H groups in total. The van der Waals surface area contributed by atoms with Gasteiger partial charge >= 0.3 is 0 Å². The van der Waals surface area contributed by atoms with Gasteiger partial charge in [0.15, 0.2) is 5.16 Å². The SMILES string of the molecule is CCn1c(SCc2ccc(OC)cc2)nnc(Nc2ccc(C)cc2)c1=O. The number of anilines is 2. The highest BCUT2D eigenvalue weighted by Gasteiger charge is 2.12. The second-order valence-electron chi connectivity index (χ2n) is 6.01. The number of thioether (sulfide) groups is 1. The molecule has 7 heteroatoms. The lowest BCUT2D eigenvalue weighted by Gasteiger charge is -2.11. The van der Waals surface area contributed by atoms with Crippen molar-refractivity contribution in [1.82, 2.24) is 14.8 Å². The van der Waals surface area contributed by atoms with Crippen LogP contribution in [0.25, 0.3) is 0 Å². The van der Waals surface area contributed by atoms with Crippen LogP contribution in [0, 0.1) is 6.92 Å². The van der Waals surface area contributed by atoms with Crippen LogP contribution in [0.2, 0.25) is 0 Å². The molecule has 3 aromatic rings. The third-order valence-corrected chi connectivity index (χ3v) is 5.11. The molecule has 1 aromatic heterocycles. The predicted octanol–water partition coefficient (Wildman–Crippen LogP) is 4.01. The first-order chi connectivity index (χ1) is 13.1. The topological polar surface area (TPSA) is 69.0 Å². The summed E-state index contributed by atoms with van der Waals surface area (Å²) in [5, 5.41) is 12.0. The van der Waals surface area contributed by atoms with Crippen LogP contribution in [0.5, 0.6) is 5.75 Å². The van der Waals surface area contributed by atoms with E-state index in [1.165, 1.54) is 11.8 Å². The lowest BCUT2D eigenvalue weighted by atomic mass is 10.2. The van der Waals surface area contributed by atoms with Gasteiger partial charge in [0.1, 0.15) is 5.75 Å². The fraction of sp³-hybridized carbons (Fsp3) is 0.250. The zero-order chi connectivity index (χ0) is 19.2. The fourth-order valence-electron chi connectivity index (χ4n) is 2.51. The molecule has 0 amide bonds. The Bertz CT molecular complexity index is 953. The van der Waals surface area contributed by atoms with E-state index in [0.717, 1.165) is 22.6 Å². The molecule has 0 saturated carbocycles. The molecule has 0 aliphatic rings. The Morgan fingerprint density at radius 2 is 1.78 bits per heavy atom. The summed E-state index contributed by atoms with van der Waals surface area (Å²) in [4.78, 5) is 12.8. The van der Waals surface area contributed by atoms with E-state index < -0.39 is 0 Å². The van der Waals surface area contributed by atoms with E-state index in [-0.39, 0.29) is 11.4 Å². The van der Waals surface area contributed by atoms with Crippen LogP contribution in [0.4, 0.5) is 11.5 Å². The van der Waals surface area contributed by atoms with Crippen LogP contribution >= 0.6 is 11.8 Å². The average molecular weight is 382 g/mol. The molecule has 0 fully saturated rings. The number of methoxy groups -OCH3 is 1. The van der Waals surface area contributed by atoms with Crippen LogP contribution in [-0.4, -0.2) is 21.9 Å². The van der Waals surface area contributed by atoms with Crippen molar-refractivity contribution in [2.75, 3.05) is 12.4 Å². The van der Waals surface area contributed by atoms with Gasteiger partial charge in [-0.2, -0.15) is 0 Å². The van der Waals surface area contributed by atoms with E-state index in [2.05, 4.69) is 15.5 Å². The molecular formula is C20H22N4O2S. The highest BCUT2D eigenvalue weighted by molar-refractivity contribution is 7.98. The number of nitrogens with one attached hydrogen (secondary N) is 1. The predicted molar refractivity (Wildman–Crippen MR) is 109 cm³/mol. The molecule has 0 aliphatic heterocycles. The van der Waals surface area contributed by atoms with E-state index in [0.29, 0.717) is 17.5 Å². The van der Waals surface area contributed by atoms with Gasteiger partial charge in [0.25, 0.3) is 5.56 Å². The van der Waals surface area contributed by atoms with Crippen molar-refractivity contribution < 1.29 is 4.74 Å². The van der Waals surface area contributed by atoms with Crippen molar-refractivity contribution >= 4 is 23.3 Å². The van der Waals surface area contributed by atoms with Crippen molar-refractivity contribution in [2.24, 2.45) is 0 Å². The highest BCUT2D eigenvalue weighted by atomic mass is 32.2. The average Bonchev–Trinajstić information content (AvgIpc) is 2.70. The molecule has 6 nitrogen and oxygen atoms in total. The molecule has 0 saturated heterocycles. The molecule has 0 radical (unpaired) electrons. The molecule has 2 aromatic carbocycles. The van der Waals surface area contributed by atoms with Crippen LogP contribution in [0.3, 0.4) is 0 Å². The number of benzene rings is 2. The maximum Gasteiger partial charge on any atom is 0.297 e. The summed E-state index contributed by atoms with van der Waals surface area (Å²) in [7, 11) is 1.64. The first-order valence-corrected chi connectivity index (χ1v) is 9.66. The van der Waals surface area contributed by atoms with Gasteiger partial charge in [0.2, 0.25) is 5.82 Å². The third kappa shape index (κ3) is 4.68. The van der Waals surface area contributed by atoms with Crippen molar-refractivity contribution in [3.05, 3.63) is 70.0 Å². The summed E-state index contributed by atoms with van der Waals surface area (Å²) in [5.74, 6) is 1.75. The Kier molecular flexibility index (Phi) is 6.13. The van der Waals surface area contributed by atoms with E-state index >= 15 is 0 Å². The summed E-state index contributed by atoms with van der Waals surface area (Å²) in [6.45, 7) is 4.47. The monoisotopic (exact) mass is 382 g/mol. The third-order valence-electron chi connectivity index (χ3n) is 4.07. The number of aryl methyl sites for hydroxylation is 1. The molecule has 140 valence electrons. The number of hydrogen-bond acceptors (Lipinski definition) is 6. The van der Waals surface area contributed by atoms with E-state index in [1.807, 2.05) is 62.4 Å². The summed E-state index contributed by atoms with van der Waals surface area (Å²) >= 11 is 1.49. The van der Waals surface area contributed by atoms with Gasteiger partial charge in [-0.3, -0.25) is 9.36 Å². The number of rotatable bonds is 7. The zero-order valence-electron chi connectivity index (χ0n) is 15.6. The first kappa shape index (κ1) is 19.0. The van der Waals surface area contributed by atoms with E-state index in [4.69, 9.17) is 4.74 Å². The van der Waals surface area contributed by atoms with Crippen molar-refractivity contribution in [3.8, 4) is 5.75 Å². The van der Waals surface area contributed by atoms with Gasteiger partial charge in [0, 0.05) is 18.0 Å². The molecule has 1 heterocycles. The van der Waals surface area contributed by atoms with Gasteiger partial charge in [-0.1, -0.05) is 41.6 Å². The van der Waals surface area contributed by atoms with Gasteiger partial charge in [-0.05, 0) is 43.7 Å². The molecule has 0 bridgehead atoms. The zero-order valence-corrected chi connectivity index (χ0v) is 16.4. The second-order valence-corrected chi connectivity index (χ2v) is 6.95. The Hall–Kier alpha value is -2.80. The number of hydrogen-bond donors (Lipinski definition) is 1. The fourth-order valence-corrected chi connectivity index (χ4v) is 3.47. The minimum Gasteiger partial charge on any atom is -0.497 e. The summed E-state index contributed by atoms with van der Waals surface area (Å²) < 4.78 is 6.81. The Balaban J connectivity index is 1.77. The first-order valence-electron chi connectivity index (χ1n) is 8.67. The molecule has 0 unspecified atom stereocenters. The molecular weight excluding hydrogens is 360 g/mol. The number of aromatic nitrogens is 3.